The SMILES string of the molecule is CN(C)c1ccc([C@H]2Oc3ccccc3[C@@H]3CC(c4ccc(F)cc4)=NN23)cc1. The van der Waals surface area contributed by atoms with Gasteiger partial charge >= 0.3 is 0 Å². The Hall–Kier alpha value is -3.34. The second-order valence-corrected chi connectivity index (χ2v) is 7.65. The maximum atomic E-state index is 13.4. The highest BCUT2D eigenvalue weighted by molar-refractivity contribution is 6.01. The topological polar surface area (TPSA) is 28.1 Å². The molecule has 0 radical (unpaired) electrons. The standard InChI is InChI=1S/C24H22FN3O/c1-27(2)19-13-9-17(10-14-19)24-28-22(20-5-3-4-6-23(20)29-24)15-21(26-28)16-7-11-18(25)12-8-16/h3-14,22,24H,15H2,1-2H3/t22-,24+/m0/s1. The van der Waals surface area contributed by atoms with Crippen molar-refractivity contribution in [3.8, 4) is 5.75 Å². The minimum Gasteiger partial charge on any atom is -0.464 e. The Morgan fingerprint density at radius 2 is 1.69 bits per heavy atom. The van der Waals surface area contributed by atoms with Gasteiger partial charge in [-0.3, -0.25) is 0 Å². The van der Waals surface area contributed by atoms with Crippen molar-refractivity contribution in [2.75, 3.05) is 19.0 Å². The second-order valence-electron chi connectivity index (χ2n) is 7.65. The zero-order chi connectivity index (χ0) is 20.0. The summed E-state index contributed by atoms with van der Waals surface area (Å²) >= 11 is 0. The molecule has 2 aliphatic rings. The van der Waals surface area contributed by atoms with E-state index in [9.17, 15) is 4.39 Å². The average molecular weight is 387 g/mol. The van der Waals surface area contributed by atoms with E-state index in [1.54, 1.807) is 12.1 Å². The molecule has 0 N–H and O–H groups in total. The summed E-state index contributed by atoms with van der Waals surface area (Å²) in [6.07, 6.45) is 0.460. The molecular formula is C24H22FN3O. The number of hydrazone groups is 1. The van der Waals surface area contributed by atoms with E-state index in [4.69, 9.17) is 9.84 Å². The highest BCUT2D eigenvalue weighted by Gasteiger charge is 2.40. The zero-order valence-corrected chi connectivity index (χ0v) is 16.4. The quantitative estimate of drug-likeness (QED) is 0.623. The predicted octanol–water partition coefficient (Wildman–Crippen LogP) is 5.13. The van der Waals surface area contributed by atoms with Gasteiger partial charge in [-0.1, -0.05) is 42.5 Å². The van der Waals surface area contributed by atoms with Gasteiger partial charge in [-0.15, -0.1) is 0 Å². The number of ether oxygens (including phenoxy) is 1. The molecule has 29 heavy (non-hydrogen) atoms. The van der Waals surface area contributed by atoms with E-state index in [-0.39, 0.29) is 18.1 Å². The van der Waals surface area contributed by atoms with Crippen LogP contribution in [0.25, 0.3) is 0 Å². The first-order valence-electron chi connectivity index (χ1n) is 9.75. The van der Waals surface area contributed by atoms with E-state index < -0.39 is 0 Å². The summed E-state index contributed by atoms with van der Waals surface area (Å²) in [6, 6.07) is 23.2. The lowest BCUT2D eigenvalue weighted by molar-refractivity contribution is -0.0190. The molecule has 5 heteroatoms. The van der Waals surface area contributed by atoms with Crippen LogP contribution in [0.4, 0.5) is 10.1 Å². The highest BCUT2D eigenvalue weighted by atomic mass is 19.1. The first kappa shape index (κ1) is 17.7. The summed E-state index contributed by atoms with van der Waals surface area (Å²) in [5.74, 6) is 0.656. The summed E-state index contributed by atoms with van der Waals surface area (Å²) in [6.45, 7) is 0. The van der Waals surface area contributed by atoms with Crippen molar-refractivity contribution in [1.29, 1.82) is 0 Å². The van der Waals surface area contributed by atoms with Crippen molar-refractivity contribution in [2.45, 2.75) is 18.7 Å². The lowest BCUT2D eigenvalue weighted by Gasteiger charge is -2.38. The van der Waals surface area contributed by atoms with Crippen LogP contribution < -0.4 is 9.64 Å². The fraction of sp³-hybridized carbons (Fsp3) is 0.208. The lowest BCUT2D eigenvalue weighted by atomic mass is 9.96. The Labute approximate surface area is 169 Å². The van der Waals surface area contributed by atoms with Crippen LogP contribution in [-0.2, 0) is 0 Å². The molecule has 146 valence electrons. The number of para-hydroxylation sites is 1. The minimum atomic E-state index is -0.302. The normalized spacial score (nSPS) is 19.8. The lowest BCUT2D eigenvalue weighted by Crippen LogP contribution is -2.33. The molecule has 2 atom stereocenters. The fourth-order valence-electron chi connectivity index (χ4n) is 4.01. The van der Waals surface area contributed by atoms with Gasteiger partial charge in [-0.05, 0) is 35.9 Å². The maximum Gasteiger partial charge on any atom is 0.213 e. The van der Waals surface area contributed by atoms with Crippen LogP contribution in [-0.4, -0.2) is 24.8 Å². The zero-order valence-electron chi connectivity index (χ0n) is 16.4. The van der Waals surface area contributed by atoms with Gasteiger partial charge < -0.3 is 9.64 Å². The molecule has 4 nitrogen and oxygen atoms in total. The van der Waals surface area contributed by atoms with E-state index in [2.05, 4.69) is 35.2 Å². The summed E-state index contributed by atoms with van der Waals surface area (Å²) in [5.41, 5.74) is 5.22. The van der Waals surface area contributed by atoms with Gasteiger partial charge in [-0.25, -0.2) is 9.40 Å². The van der Waals surface area contributed by atoms with Crippen LogP contribution >= 0.6 is 0 Å². The molecule has 0 amide bonds. The Bertz CT molecular complexity index is 1060. The molecule has 0 fully saturated rings. The molecule has 3 aromatic rings. The molecule has 0 saturated heterocycles. The maximum absolute atomic E-state index is 13.4. The number of hydrogen-bond acceptors (Lipinski definition) is 4. The van der Waals surface area contributed by atoms with Crippen molar-refractivity contribution >= 4 is 11.4 Å². The van der Waals surface area contributed by atoms with Crippen molar-refractivity contribution in [3.05, 3.63) is 95.3 Å². The molecule has 0 aliphatic carbocycles. The molecule has 2 aliphatic heterocycles. The third-order valence-corrected chi connectivity index (χ3v) is 5.57. The molecule has 0 spiro atoms. The van der Waals surface area contributed by atoms with E-state index in [1.807, 2.05) is 37.3 Å². The van der Waals surface area contributed by atoms with Gasteiger partial charge in [0, 0.05) is 37.3 Å². The van der Waals surface area contributed by atoms with Crippen molar-refractivity contribution in [3.63, 3.8) is 0 Å². The first-order chi connectivity index (χ1) is 14.1. The molecule has 0 bridgehead atoms. The van der Waals surface area contributed by atoms with Crippen LogP contribution in [0.5, 0.6) is 5.75 Å². The smallest absolute Gasteiger partial charge is 0.213 e. The van der Waals surface area contributed by atoms with Crippen molar-refractivity contribution in [1.82, 2.24) is 5.01 Å². The van der Waals surface area contributed by atoms with E-state index in [0.717, 1.165) is 40.3 Å². The van der Waals surface area contributed by atoms with Crippen molar-refractivity contribution < 1.29 is 9.13 Å². The largest absolute Gasteiger partial charge is 0.464 e. The Kier molecular flexibility index (Phi) is 4.23. The molecule has 5 rings (SSSR count). The summed E-state index contributed by atoms with van der Waals surface area (Å²) in [7, 11) is 4.05. The van der Waals surface area contributed by atoms with Crippen molar-refractivity contribution in [2.24, 2.45) is 5.10 Å². The Balaban J connectivity index is 1.55. The highest BCUT2D eigenvalue weighted by Crippen LogP contribution is 2.47. The third-order valence-electron chi connectivity index (χ3n) is 5.57. The van der Waals surface area contributed by atoms with Crippen LogP contribution in [0.1, 0.15) is 35.4 Å². The van der Waals surface area contributed by atoms with Gasteiger partial charge in [0.15, 0.2) is 0 Å². The number of anilines is 1. The number of hydrogen-bond donors (Lipinski definition) is 0. The molecule has 0 aromatic heterocycles. The van der Waals surface area contributed by atoms with E-state index in [1.165, 1.54) is 12.1 Å². The van der Waals surface area contributed by atoms with E-state index in [0.29, 0.717) is 0 Å². The third kappa shape index (κ3) is 3.12. The number of rotatable bonds is 3. The molecule has 0 unspecified atom stereocenters. The number of fused-ring (bicyclic) bond motifs is 3. The minimum absolute atomic E-state index is 0.0959. The fourth-order valence-corrected chi connectivity index (χ4v) is 4.01. The van der Waals surface area contributed by atoms with Gasteiger partial charge in [0.25, 0.3) is 0 Å². The van der Waals surface area contributed by atoms with Gasteiger partial charge in [0.2, 0.25) is 6.23 Å². The first-order valence-corrected chi connectivity index (χ1v) is 9.75. The summed E-state index contributed by atoms with van der Waals surface area (Å²) in [4.78, 5) is 2.07. The Morgan fingerprint density at radius 1 is 0.966 bits per heavy atom. The van der Waals surface area contributed by atoms with Gasteiger partial charge in [-0.2, -0.15) is 5.10 Å². The monoisotopic (exact) mass is 387 g/mol. The Morgan fingerprint density at radius 3 is 2.41 bits per heavy atom. The number of halogens is 1. The summed E-state index contributed by atoms with van der Waals surface area (Å²) < 4.78 is 19.7. The van der Waals surface area contributed by atoms with Crippen LogP contribution in [0.15, 0.2) is 77.9 Å². The number of benzene rings is 3. The second kappa shape index (κ2) is 6.92. The molecule has 3 aromatic carbocycles. The average Bonchev–Trinajstić information content (AvgIpc) is 3.19. The predicted molar refractivity (Wildman–Crippen MR) is 113 cm³/mol. The van der Waals surface area contributed by atoms with E-state index >= 15 is 0 Å². The van der Waals surface area contributed by atoms with Crippen LogP contribution in [0.2, 0.25) is 0 Å². The van der Waals surface area contributed by atoms with Crippen LogP contribution in [0.3, 0.4) is 0 Å². The molecular weight excluding hydrogens is 365 g/mol. The molecule has 2 heterocycles. The van der Waals surface area contributed by atoms with Crippen LogP contribution in [0, 0.1) is 5.82 Å². The number of nitrogens with zero attached hydrogens (tertiary/aromatic N) is 3. The van der Waals surface area contributed by atoms with Gasteiger partial charge in [0.1, 0.15) is 11.6 Å². The summed E-state index contributed by atoms with van der Waals surface area (Å²) in [5, 5.41) is 6.96. The molecule has 0 saturated carbocycles. The van der Waals surface area contributed by atoms with Gasteiger partial charge in [0.05, 0.1) is 11.8 Å².